The van der Waals surface area contributed by atoms with Gasteiger partial charge >= 0.3 is 12.4 Å². The molecule has 1 amide bonds. The van der Waals surface area contributed by atoms with E-state index in [9.17, 15) is 31.1 Å². The standard InChI is InChI=1S/C16H16F6N4O2S/c1-25-12(15(17,18)19)8-9(24-25)10-2-3-11(29-10)13(27)26-6-4-14(28-23,5-7-26)16(20,21)22/h2-3,8H,4-7,23H2,1H3. The van der Waals surface area contributed by atoms with Crippen molar-refractivity contribution in [3.8, 4) is 10.6 Å². The number of aryl methyl sites for hydroxylation is 1. The van der Waals surface area contributed by atoms with Crippen LogP contribution in [0.15, 0.2) is 18.2 Å². The van der Waals surface area contributed by atoms with Crippen molar-refractivity contribution < 1.29 is 36.0 Å². The van der Waals surface area contributed by atoms with Gasteiger partial charge in [0, 0.05) is 33.0 Å². The number of hydrogen-bond donors (Lipinski definition) is 1. The van der Waals surface area contributed by atoms with Crippen molar-refractivity contribution in [1.82, 2.24) is 14.7 Å². The van der Waals surface area contributed by atoms with Crippen LogP contribution in [-0.2, 0) is 18.1 Å². The maximum atomic E-state index is 13.2. The predicted molar refractivity (Wildman–Crippen MR) is 90.7 cm³/mol. The Balaban J connectivity index is 1.74. The lowest BCUT2D eigenvalue weighted by Gasteiger charge is -2.40. The number of aromatic nitrogens is 2. The van der Waals surface area contributed by atoms with E-state index in [4.69, 9.17) is 5.90 Å². The van der Waals surface area contributed by atoms with Crippen LogP contribution in [0.4, 0.5) is 26.3 Å². The molecule has 13 heteroatoms. The van der Waals surface area contributed by atoms with E-state index in [1.54, 1.807) is 0 Å². The van der Waals surface area contributed by atoms with Crippen LogP contribution in [0.1, 0.15) is 28.2 Å². The van der Waals surface area contributed by atoms with E-state index in [1.807, 2.05) is 0 Å². The van der Waals surface area contributed by atoms with Gasteiger partial charge in [-0.2, -0.15) is 31.4 Å². The molecule has 3 rings (SSSR count). The third-order valence-corrected chi connectivity index (χ3v) is 5.94. The minimum atomic E-state index is -4.66. The van der Waals surface area contributed by atoms with Gasteiger partial charge in [-0.3, -0.25) is 14.3 Å². The number of likely N-dealkylation sites (tertiary alicyclic amines) is 1. The van der Waals surface area contributed by atoms with Crippen LogP contribution in [0.3, 0.4) is 0 Å². The highest BCUT2D eigenvalue weighted by Crippen LogP contribution is 2.41. The normalized spacial score (nSPS) is 17.6. The minimum absolute atomic E-state index is 0.0511. The van der Waals surface area contributed by atoms with Crippen LogP contribution in [0.2, 0.25) is 0 Å². The average molecular weight is 442 g/mol. The lowest BCUT2D eigenvalue weighted by molar-refractivity contribution is -0.291. The largest absolute Gasteiger partial charge is 0.433 e. The predicted octanol–water partition coefficient (Wildman–Crippen LogP) is 3.59. The Bertz CT molecular complexity index is 896. The molecule has 6 nitrogen and oxygen atoms in total. The Morgan fingerprint density at radius 1 is 1.21 bits per heavy atom. The zero-order chi connectivity index (χ0) is 21.6. The Hall–Kier alpha value is -2.12. The Morgan fingerprint density at radius 3 is 2.31 bits per heavy atom. The Labute approximate surface area is 164 Å². The smallest absolute Gasteiger partial charge is 0.338 e. The van der Waals surface area contributed by atoms with Gasteiger partial charge in [0.05, 0.1) is 9.75 Å². The van der Waals surface area contributed by atoms with Crippen LogP contribution in [-0.4, -0.2) is 45.5 Å². The number of amides is 1. The van der Waals surface area contributed by atoms with Gasteiger partial charge in [0.1, 0.15) is 11.4 Å². The zero-order valence-corrected chi connectivity index (χ0v) is 15.8. The molecule has 2 N–H and O–H groups in total. The molecule has 1 saturated heterocycles. The van der Waals surface area contributed by atoms with Gasteiger partial charge in [-0.05, 0) is 18.2 Å². The first kappa shape index (κ1) is 21.6. The quantitative estimate of drug-likeness (QED) is 0.583. The van der Waals surface area contributed by atoms with Gasteiger partial charge in [0.15, 0.2) is 5.60 Å². The van der Waals surface area contributed by atoms with Gasteiger partial charge in [-0.1, -0.05) is 0 Å². The van der Waals surface area contributed by atoms with Crippen LogP contribution in [0.5, 0.6) is 0 Å². The number of nitrogens with zero attached hydrogens (tertiary/aromatic N) is 3. The van der Waals surface area contributed by atoms with Gasteiger partial charge in [0.2, 0.25) is 0 Å². The van der Waals surface area contributed by atoms with Crippen molar-refractivity contribution in [3.05, 3.63) is 28.8 Å². The molecule has 0 bridgehead atoms. The first-order chi connectivity index (χ1) is 13.4. The number of alkyl halides is 6. The summed E-state index contributed by atoms with van der Waals surface area (Å²) in [7, 11) is 1.16. The first-order valence-corrected chi connectivity index (χ1v) is 9.15. The summed E-state index contributed by atoms with van der Waals surface area (Å²) in [5.74, 6) is 4.35. The monoisotopic (exact) mass is 442 g/mol. The van der Waals surface area contributed by atoms with Gasteiger partial charge in [-0.15, -0.1) is 11.3 Å². The van der Waals surface area contributed by atoms with Crippen LogP contribution >= 0.6 is 11.3 Å². The number of carbonyl (C=O) groups excluding carboxylic acids is 1. The maximum Gasteiger partial charge on any atom is 0.433 e. The summed E-state index contributed by atoms with van der Waals surface area (Å²) >= 11 is 0.919. The SMILES string of the molecule is Cn1nc(-c2ccc(C(=O)N3CCC(ON)(C(F)(F)F)CC3)s2)cc1C(F)(F)F. The average Bonchev–Trinajstić information content (AvgIpc) is 3.26. The molecule has 160 valence electrons. The number of carbonyl (C=O) groups is 1. The van der Waals surface area contributed by atoms with Gasteiger partial charge in [-0.25, -0.2) is 5.90 Å². The number of piperidine rings is 1. The van der Waals surface area contributed by atoms with Gasteiger partial charge < -0.3 is 4.90 Å². The summed E-state index contributed by atoms with van der Waals surface area (Å²) in [5.41, 5.74) is -3.38. The number of rotatable bonds is 3. The van der Waals surface area contributed by atoms with Crippen LogP contribution in [0, 0.1) is 0 Å². The molecule has 3 heterocycles. The summed E-state index contributed by atoms with van der Waals surface area (Å²) in [4.78, 5) is 18.6. The van der Waals surface area contributed by atoms with Crippen molar-refractivity contribution in [2.24, 2.45) is 12.9 Å². The molecule has 1 aliphatic heterocycles. The molecule has 0 unspecified atom stereocenters. The molecule has 1 aliphatic rings. The van der Waals surface area contributed by atoms with E-state index in [0.29, 0.717) is 9.56 Å². The third-order valence-electron chi connectivity index (χ3n) is 4.84. The molecule has 29 heavy (non-hydrogen) atoms. The molecule has 0 aliphatic carbocycles. The molecular formula is C16H16F6N4O2S. The number of halogens is 6. The van der Waals surface area contributed by atoms with E-state index in [0.717, 1.165) is 24.5 Å². The van der Waals surface area contributed by atoms with Crippen molar-refractivity contribution >= 4 is 17.2 Å². The summed E-state index contributed by atoms with van der Waals surface area (Å²) < 4.78 is 78.9. The lowest BCUT2D eigenvalue weighted by atomic mass is 9.90. The van der Waals surface area contributed by atoms with Crippen molar-refractivity contribution in [2.45, 2.75) is 30.8 Å². The zero-order valence-electron chi connectivity index (χ0n) is 15.0. The van der Waals surface area contributed by atoms with E-state index in [-0.39, 0.29) is 23.7 Å². The van der Waals surface area contributed by atoms with Crippen molar-refractivity contribution in [2.75, 3.05) is 13.1 Å². The second-order valence-corrected chi connectivity index (χ2v) is 7.69. The molecule has 0 aromatic carbocycles. The fraction of sp³-hybridized carbons (Fsp3) is 0.500. The number of hydrogen-bond acceptors (Lipinski definition) is 5. The molecule has 0 spiro atoms. The number of nitrogens with two attached hydrogens (primary N) is 1. The minimum Gasteiger partial charge on any atom is -0.338 e. The Kier molecular flexibility index (Phi) is 5.43. The summed E-state index contributed by atoms with van der Waals surface area (Å²) in [6.07, 6.45) is -10.2. The van der Waals surface area contributed by atoms with E-state index < -0.39 is 42.4 Å². The molecule has 2 aromatic heterocycles. The molecular weight excluding hydrogens is 426 g/mol. The van der Waals surface area contributed by atoms with Crippen molar-refractivity contribution in [3.63, 3.8) is 0 Å². The van der Waals surface area contributed by atoms with E-state index >= 15 is 0 Å². The van der Waals surface area contributed by atoms with Crippen molar-refractivity contribution in [1.29, 1.82) is 0 Å². The second kappa shape index (κ2) is 7.29. The fourth-order valence-corrected chi connectivity index (χ4v) is 4.07. The molecule has 0 radical (unpaired) electrons. The fourth-order valence-electron chi connectivity index (χ4n) is 3.14. The van der Waals surface area contributed by atoms with Crippen LogP contribution in [0.25, 0.3) is 10.6 Å². The van der Waals surface area contributed by atoms with Crippen LogP contribution < -0.4 is 5.90 Å². The number of thiophene rings is 1. The summed E-state index contributed by atoms with van der Waals surface area (Å²) in [5, 5.41) is 3.82. The highest BCUT2D eigenvalue weighted by Gasteiger charge is 2.57. The lowest BCUT2D eigenvalue weighted by Crippen LogP contribution is -2.57. The molecule has 2 aromatic rings. The Morgan fingerprint density at radius 2 is 1.83 bits per heavy atom. The third kappa shape index (κ3) is 3.98. The highest BCUT2D eigenvalue weighted by molar-refractivity contribution is 7.17. The maximum absolute atomic E-state index is 13.2. The highest BCUT2D eigenvalue weighted by atomic mass is 32.1. The topological polar surface area (TPSA) is 73.4 Å². The second-order valence-electron chi connectivity index (χ2n) is 6.60. The summed E-state index contributed by atoms with van der Waals surface area (Å²) in [6, 6.07) is 3.74. The molecule has 1 fully saturated rings. The van der Waals surface area contributed by atoms with E-state index in [2.05, 4.69) is 9.94 Å². The summed E-state index contributed by atoms with van der Waals surface area (Å²) in [6.45, 7) is -0.435. The van der Waals surface area contributed by atoms with Gasteiger partial charge in [0.25, 0.3) is 5.91 Å². The van der Waals surface area contributed by atoms with E-state index in [1.165, 1.54) is 17.0 Å². The first-order valence-electron chi connectivity index (χ1n) is 8.33. The molecule has 0 saturated carbocycles. The molecule has 0 atom stereocenters.